The highest BCUT2D eigenvalue weighted by atomic mass is 32.2. The molecule has 3 amide bonds. The zero-order chi connectivity index (χ0) is 24.1. The molecule has 3 N–H and O–H groups in total. The van der Waals surface area contributed by atoms with Gasteiger partial charge in [-0.15, -0.1) is 11.8 Å². The summed E-state index contributed by atoms with van der Waals surface area (Å²) in [7, 11) is 0. The van der Waals surface area contributed by atoms with Gasteiger partial charge >= 0.3 is 0 Å². The van der Waals surface area contributed by atoms with Crippen LogP contribution in [-0.4, -0.2) is 68.5 Å². The lowest BCUT2D eigenvalue weighted by molar-refractivity contribution is -0.141. The third kappa shape index (κ3) is 4.29. The number of thioether (sulfide) groups is 1. The molecule has 0 aromatic rings. The maximum Gasteiger partial charge on any atom is 0.244 e. The van der Waals surface area contributed by atoms with Crippen molar-refractivity contribution < 1.29 is 19.5 Å². The Morgan fingerprint density at radius 2 is 1.84 bits per heavy atom. The van der Waals surface area contributed by atoms with E-state index in [1.54, 1.807) is 16.7 Å². The summed E-state index contributed by atoms with van der Waals surface area (Å²) in [6.07, 6.45) is 3.14. The molecule has 1 spiro atoms. The van der Waals surface area contributed by atoms with Gasteiger partial charge in [-0.1, -0.05) is 27.7 Å². The number of rotatable bonds is 8. The predicted molar refractivity (Wildman–Crippen MR) is 127 cm³/mol. The second kappa shape index (κ2) is 8.49. The highest BCUT2D eigenvalue weighted by Crippen LogP contribution is 2.71. The van der Waals surface area contributed by atoms with Crippen LogP contribution in [0.15, 0.2) is 0 Å². The number of likely N-dealkylation sites (tertiary alicyclic amines) is 1. The van der Waals surface area contributed by atoms with E-state index in [4.69, 9.17) is 0 Å². The van der Waals surface area contributed by atoms with Crippen LogP contribution in [-0.2, 0) is 14.4 Å². The molecule has 32 heavy (non-hydrogen) atoms. The SMILES string of the molecule is CCCNC(=O)[C@H]1[C@H]2C(=O)N(CCO)C(C(=O)NC(C)(C)CC(C)(C)C)C23CC[C@]1(C)S3. The van der Waals surface area contributed by atoms with Crippen LogP contribution in [0.25, 0.3) is 0 Å². The quantitative estimate of drug-likeness (QED) is 0.509. The number of β-amino-alcohol motifs (C(OH)–C–C–N with tert-alkyl or cyclic N) is 1. The summed E-state index contributed by atoms with van der Waals surface area (Å²) in [4.78, 5) is 42.1. The number of nitrogens with zero attached hydrogens (tertiary/aromatic N) is 1. The monoisotopic (exact) mass is 467 g/mol. The van der Waals surface area contributed by atoms with Crippen molar-refractivity contribution in [3.63, 3.8) is 0 Å². The van der Waals surface area contributed by atoms with Crippen LogP contribution in [0.2, 0.25) is 0 Å². The minimum Gasteiger partial charge on any atom is -0.395 e. The van der Waals surface area contributed by atoms with Gasteiger partial charge in [0.05, 0.1) is 23.2 Å². The molecule has 8 heteroatoms. The molecular formula is C24H41N3O4S. The first-order valence-electron chi connectivity index (χ1n) is 11.9. The fourth-order valence-electron chi connectivity index (χ4n) is 6.61. The smallest absolute Gasteiger partial charge is 0.244 e. The van der Waals surface area contributed by atoms with Crippen molar-refractivity contribution in [2.75, 3.05) is 19.7 Å². The number of carbonyl (C=O) groups excluding carboxylic acids is 3. The third-order valence-electron chi connectivity index (χ3n) is 7.13. The molecule has 3 heterocycles. The Hall–Kier alpha value is -1.28. The highest BCUT2D eigenvalue weighted by molar-refractivity contribution is 8.02. The summed E-state index contributed by atoms with van der Waals surface area (Å²) >= 11 is 1.66. The summed E-state index contributed by atoms with van der Waals surface area (Å²) in [5.74, 6) is -1.41. The molecule has 0 aromatic carbocycles. The van der Waals surface area contributed by atoms with Crippen molar-refractivity contribution in [3.05, 3.63) is 0 Å². The second-order valence-corrected chi connectivity index (χ2v) is 13.8. The molecule has 0 aromatic heterocycles. The maximum atomic E-state index is 13.8. The second-order valence-electron chi connectivity index (χ2n) is 11.9. The average Bonchev–Trinajstić information content (AvgIpc) is 3.19. The number of aliphatic hydroxyl groups excluding tert-OH is 1. The number of amides is 3. The van der Waals surface area contributed by atoms with E-state index >= 15 is 0 Å². The predicted octanol–water partition coefficient (Wildman–Crippen LogP) is 2.32. The minimum atomic E-state index is -0.679. The lowest BCUT2D eigenvalue weighted by Crippen LogP contribution is -2.58. The zero-order valence-corrected chi connectivity index (χ0v) is 21.5. The van der Waals surface area contributed by atoms with Crippen LogP contribution in [0.4, 0.5) is 0 Å². The molecule has 3 rings (SSSR count). The molecule has 0 radical (unpaired) electrons. The van der Waals surface area contributed by atoms with E-state index in [9.17, 15) is 19.5 Å². The van der Waals surface area contributed by atoms with Crippen LogP contribution in [0.1, 0.15) is 74.1 Å². The Morgan fingerprint density at radius 1 is 1.19 bits per heavy atom. The molecule has 0 aliphatic carbocycles. The van der Waals surface area contributed by atoms with Gasteiger partial charge < -0.3 is 20.6 Å². The molecule has 7 nitrogen and oxygen atoms in total. The molecule has 3 aliphatic heterocycles. The minimum absolute atomic E-state index is 0.0321. The number of carbonyl (C=O) groups is 3. The van der Waals surface area contributed by atoms with Crippen LogP contribution >= 0.6 is 11.8 Å². The third-order valence-corrected chi connectivity index (χ3v) is 9.12. The fraction of sp³-hybridized carbons (Fsp3) is 0.875. The Bertz CT molecular complexity index is 780. The Balaban J connectivity index is 1.96. The first-order chi connectivity index (χ1) is 14.7. The summed E-state index contributed by atoms with van der Waals surface area (Å²) in [6.45, 7) is 15.0. The molecular weight excluding hydrogens is 426 g/mol. The first-order valence-corrected chi connectivity index (χ1v) is 12.7. The molecule has 3 fully saturated rings. The van der Waals surface area contributed by atoms with Crippen molar-refractivity contribution in [1.29, 1.82) is 0 Å². The highest BCUT2D eigenvalue weighted by Gasteiger charge is 2.77. The van der Waals surface area contributed by atoms with E-state index in [0.717, 1.165) is 25.7 Å². The van der Waals surface area contributed by atoms with Crippen LogP contribution in [0.5, 0.6) is 0 Å². The molecule has 3 aliphatic rings. The Kier molecular flexibility index (Phi) is 6.73. The molecule has 0 saturated carbocycles. The molecule has 182 valence electrons. The van der Waals surface area contributed by atoms with Crippen molar-refractivity contribution in [2.45, 2.75) is 95.2 Å². The van der Waals surface area contributed by atoms with Gasteiger partial charge in [0.15, 0.2) is 0 Å². The Labute approximate surface area is 196 Å². The van der Waals surface area contributed by atoms with Crippen LogP contribution in [0.3, 0.4) is 0 Å². The molecule has 5 atom stereocenters. The first kappa shape index (κ1) is 25.3. The summed E-state index contributed by atoms with van der Waals surface area (Å²) in [6, 6.07) is -0.679. The van der Waals surface area contributed by atoms with Crippen molar-refractivity contribution in [3.8, 4) is 0 Å². The number of fused-ring (bicyclic) bond motifs is 1. The van der Waals surface area contributed by atoms with Crippen molar-refractivity contribution >= 4 is 29.5 Å². The molecule has 3 saturated heterocycles. The lowest BCUT2D eigenvalue weighted by atomic mass is 9.66. The zero-order valence-electron chi connectivity index (χ0n) is 20.7. The van der Waals surface area contributed by atoms with Crippen molar-refractivity contribution in [2.24, 2.45) is 17.3 Å². The van der Waals surface area contributed by atoms with Gasteiger partial charge in [0.25, 0.3) is 0 Å². The van der Waals surface area contributed by atoms with Crippen LogP contribution in [0, 0.1) is 17.3 Å². The maximum absolute atomic E-state index is 13.8. The van der Waals surface area contributed by atoms with Gasteiger partial charge in [-0.05, 0) is 51.9 Å². The largest absolute Gasteiger partial charge is 0.395 e. The fourth-order valence-corrected chi connectivity index (χ4v) is 8.96. The number of hydrogen-bond donors (Lipinski definition) is 3. The number of hydrogen-bond acceptors (Lipinski definition) is 5. The van der Waals surface area contributed by atoms with Gasteiger partial charge in [-0.25, -0.2) is 0 Å². The van der Waals surface area contributed by atoms with Gasteiger partial charge in [0, 0.05) is 23.4 Å². The van der Waals surface area contributed by atoms with Crippen molar-refractivity contribution in [1.82, 2.24) is 15.5 Å². The number of aliphatic hydroxyl groups is 1. The van der Waals surface area contributed by atoms with E-state index in [0.29, 0.717) is 6.54 Å². The molecule has 2 bridgehead atoms. The van der Waals surface area contributed by atoms with E-state index in [1.165, 1.54) is 0 Å². The van der Waals surface area contributed by atoms with E-state index in [-0.39, 0.29) is 41.0 Å². The topological polar surface area (TPSA) is 98.7 Å². The van der Waals surface area contributed by atoms with Gasteiger partial charge in [0.1, 0.15) is 6.04 Å². The normalized spacial score (nSPS) is 34.1. The lowest BCUT2D eigenvalue weighted by Gasteiger charge is -2.38. The van der Waals surface area contributed by atoms with E-state index < -0.39 is 28.2 Å². The standard InChI is InChI=1S/C24H41N3O4S/c1-8-11-25-18(29)15-16-20(31)27(12-13-28)17(24(16)10-9-23(15,7)32-24)19(30)26-22(5,6)14-21(2,3)4/h15-17,28H,8-14H2,1-7H3,(H,25,29)(H,26,30)/t15-,16+,17?,23+,24?/m1/s1. The summed E-state index contributed by atoms with van der Waals surface area (Å²) in [5.41, 5.74) is -0.411. The van der Waals surface area contributed by atoms with Gasteiger partial charge in [-0.2, -0.15) is 0 Å². The summed E-state index contributed by atoms with van der Waals surface area (Å²) < 4.78 is -0.986. The number of nitrogens with one attached hydrogen (secondary N) is 2. The molecule has 2 unspecified atom stereocenters. The average molecular weight is 468 g/mol. The Morgan fingerprint density at radius 3 is 2.41 bits per heavy atom. The van der Waals surface area contributed by atoms with Gasteiger partial charge in [0.2, 0.25) is 17.7 Å². The summed E-state index contributed by atoms with van der Waals surface area (Å²) in [5, 5.41) is 15.9. The van der Waals surface area contributed by atoms with E-state index in [2.05, 4.69) is 38.3 Å². The van der Waals surface area contributed by atoms with Crippen LogP contribution < -0.4 is 10.6 Å². The van der Waals surface area contributed by atoms with Gasteiger partial charge in [-0.3, -0.25) is 14.4 Å². The van der Waals surface area contributed by atoms with E-state index in [1.807, 2.05) is 20.8 Å².